The summed E-state index contributed by atoms with van der Waals surface area (Å²) in [5, 5.41) is 12.6. The first-order valence-corrected chi connectivity index (χ1v) is 7.09. The van der Waals surface area contributed by atoms with Crippen molar-refractivity contribution < 1.29 is 23.1 Å². The summed E-state index contributed by atoms with van der Waals surface area (Å²) < 4.78 is 27.5. The van der Waals surface area contributed by atoms with E-state index < -0.39 is 16.0 Å². The van der Waals surface area contributed by atoms with Crippen LogP contribution >= 0.6 is 0 Å². The lowest BCUT2D eigenvalue weighted by Gasteiger charge is -2.17. The first-order chi connectivity index (χ1) is 8.84. The fraction of sp³-hybridized carbons (Fsp3) is 0.364. The minimum Gasteiger partial charge on any atom is -0.493 e. The number of fused-ring (bicyclic) bond motifs is 1. The number of nitrogens with two attached hydrogens (primary N) is 2. The Morgan fingerprint density at radius 3 is 2.58 bits per heavy atom. The molecule has 0 atom stereocenters. The van der Waals surface area contributed by atoms with Crippen LogP contribution in [0, 0.1) is 0 Å². The van der Waals surface area contributed by atoms with Gasteiger partial charge in [-0.05, 0) is 36.6 Å². The highest BCUT2D eigenvalue weighted by molar-refractivity contribution is 7.89. The van der Waals surface area contributed by atoms with E-state index in [4.69, 9.17) is 15.0 Å². The maximum absolute atomic E-state index is 11.1. The lowest BCUT2D eigenvalue weighted by atomic mass is 10.1. The van der Waals surface area contributed by atoms with E-state index in [9.17, 15) is 13.2 Å². The summed E-state index contributed by atoms with van der Waals surface area (Å²) in [4.78, 5) is 9.40. The molecule has 0 saturated heterocycles. The highest BCUT2D eigenvalue weighted by Gasteiger charge is 2.14. The van der Waals surface area contributed by atoms with Gasteiger partial charge in [0.1, 0.15) is 5.75 Å². The summed E-state index contributed by atoms with van der Waals surface area (Å²) in [7, 11) is -3.59. The minimum absolute atomic E-state index is 0.154. The molecule has 1 aliphatic heterocycles. The first kappa shape index (κ1) is 15.4. The zero-order valence-electron chi connectivity index (χ0n) is 10.2. The average Bonchev–Trinajstić information content (AvgIpc) is 2.38. The van der Waals surface area contributed by atoms with Gasteiger partial charge in [-0.1, -0.05) is 0 Å². The Bertz CT molecular complexity index is 556. The molecule has 1 aromatic rings. The number of carboxylic acids is 1. The van der Waals surface area contributed by atoms with E-state index in [1.165, 1.54) is 6.07 Å². The number of carbonyl (C=O) groups is 1. The van der Waals surface area contributed by atoms with E-state index in [0.29, 0.717) is 6.61 Å². The minimum atomic E-state index is -3.59. The lowest BCUT2D eigenvalue weighted by Crippen LogP contribution is -2.14. The second-order valence-corrected chi connectivity index (χ2v) is 5.43. The molecule has 7 nitrogen and oxygen atoms in total. The van der Waals surface area contributed by atoms with Crippen LogP contribution in [-0.4, -0.2) is 32.6 Å². The van der Waals surface area contributed by atoms with Gasteiger partial charge >= 0.3 is 5.97 Å². The molecule has 0 amide bonds. The van der Waals surface area contributed by atoms with E-state index in [0.717, 1.165) is 24.2 Å². The van der Waals surface area contributed by atoms with Crippen molar-refractivity contribution in [1.82, 2.24) is 0 Å². The van der Waals surface area contributed by atoms with Crippen molar-refractivity contribution in [3.63, 3.8) is 0 Å². The number of aryl methyl sites for hydroxylation is 1. The third kappa shape index (κ3) is 4.86. The Morgan fingerprint density at radius 1 is 1.42 bits per heavy atom. The third-order valence-corrected chi connectivity index (χ3v) is 3.29. The fourth-order valence-corrected chi connectivity index (χ4v) is 2.08. The van der Waals surface area contributed by atoms with Crippen molar-refractivity contribution in [2.75, 3.05) is 13.2 Å². The molecular formula is C11H16N2O5S. The Hall–Kier alpha value is -1.64. The second-order valence-electron chi connectivity index (χ2n) is 3.86. The largest absolute Gasteiger partial charge is 0.493 e. The molecule has 106 valence electrons. The van der Waals surface area contributed by atoms with Gasteiger partial charge in [0.05, 0.1) is 18.0 Å². The average molecular weight is 288 g/mol. The number of aliphatic carboxylic acids is 1. The van der Waals surface area contributed by atoms with E-state index in [1.807, 2.05) is 0 Å². The third-order valence-electron chi connectivity index (χ3n) is 2.38. The number of hydrogen-bond donors (Lipinski definition) is 3. The monoisotopic (exact) mass is 288 g/mol. The normalized spacial score (nSPS) is 13.6. The first-order valence-electron chi connectivity index (χ1n) is 5.55. The van der Waals surface area contributed by atoms with Crippen LogP contribution in [0.25, 0.3) is 0 Å². The molecule has 1 aliphatic rings. The Balaban J connectivity index is 0.000000312. The van der Waals surface area contributed by atoms with Gasteiger partial charge in [-0.15, -0.1) is 0 Å². The second kappa shape index (κ2) is 6.50. The number of sulfonamides is 1. The van der Waals surface area contributed by atoms with Gasteiger partial charge in [-0.25, -0.2) is 13.6 Å². The molecular weight excluding hydrogens is 272 g/mol. The van der Waals surface area contributed by atoms with Gasteiger partial charge in [0.15, 0.2) is 0 Å². The van der Waals surface area contributed by atoms with Gasteiger partial charge < -0.3 is 15.6 Å². The van der Waals surface area contributed by atoms with Crippen molar-refractivity contribution in [2.45, 2.75) is 17.7 Å². The van der Waals surface area contributed by atoms with Crippen molar-refractivity contribution in [3.8, 4) is 5.75 Å². The van der Waals surface area contributed by atoms with Gasteiger partial charge in [-0.2, -0.15) is 0 Å². The zero-order valence-corrected chi connectivity index (χ0v) is 11.0. The van der Waals surface area contributed by atoms with Crippen molar-refractivity contribution >= 4 is 16.0 Å². The highest BCUT2D eigenvalue weighted by Crippen LogP contribution is 2.26. The van der Waals surface area contributed by atoms with Gasteiger partial charge in [0, 0.05) is 0 Å². The van der Waals surface area contributed by atoms with Crippen LogP contribution in [0.3, 0.4) is 0 Å². The molecule has 8 heteroatoms. The predicted molar refractivity (Wildman–Crippen MR) is 68.3 cm³/mol. The molecule has 0 saturated carbocycles. The topological polar surface area (TPSA) is 133 Å². The molecule has 1 heterocycles. The maximum Gasteiger partial charge on any atom is 0.317 e. The van der Waals surface area contributed by atoms with Crippen LogP contribution in [0.2, 0.25) is 0 Å². The van der Waals surface area contributed by atoms with Gasteiger partial charge in [0.2, 0.25) is 10.0 Å². The molecule has 2 rings (SSSR count). The van der Waals surface area contributed by atoms with E-state index >= 15 is 0 Å². The molecule has 0 spiro atoms. The number of benzene rings is 1. The SMILES string of the molecule is NCC(=O)O.NS(=O)(=O)c1ccc2c(c1)CCCO2. The number of hydrogen-bond acceptors (Lipinski definition) is 5. The highest BCUT2D eigenvalue weighted by atomic mass is 32.2. The molecule has 1 aromatic carbocycles. The maximum atomic E-state index is 11.1. The number of carboxylic acid groups (broad SMARTS) is 1. The van der Waals surface area contributed by atoms with E-state index in [-0.39, 0.29) is 11.4 Å². The molecule has 0 fully saturated rings. The van der Waals surface area contributed by atoms with Gasteiger partial charge in [-0.3, -0.25) is 4.79 Å². The molecule has 19 heavy (non-hydrogen) atoms. The summed E-state index contributed by atoms with van der Waals surface area (Å²) in [6.07, 6.45) is 1.76. The number of rotatable bonds is 2. The summed E-state index contributed by atoms with van der Waals surface area (Å²) >= 11 is 0. The Morgan fingerprint density at radius 2 is 2.05 bits per heavy atom. The van der Waals surface area contributed by atoms with Crippen LogP contribution in [0.1, 0.15) is 12.0 Å². The molecule has 0 radical (unpaired) electrons. The molecule has 0 aromatic heterocycles. The van der Waals surface area contributed by atoms with E-state index in [1.54, 1.807) is 12.1 Å². The Kier molecular flexibility index (Phi) is 5.28. The van der Waals surface area contributed by atoms with Crippen molar-refractivity contribution in [3.05, 3.63) is 23.8 Å². The van der Waals surface area contributed by atoms with Crippen LogP contribution in [0.5, 0.6) is 5.75 Å². The standard InChI is InChI=1S/C9H11NO3S.C2H5NO2/c10-14(11,12)8-3-4-9-7(6-8)2-1-5-13-9;3-1-2(4)5/h3-4,6H,1-2,5H2,(H2,10,11,12);1,3H2,(H,4,5). The quantitative estimate of drug-likeness (QED) is 0.683. The van der Waals surface area contributed by atoms with Crippen molar-refractivity contribution in [2.24, 2.45) is 10.9 Å². The lowest BCUT2D eigenvalue weighted by molar-refractivity contribution is -0.135. The molecule has 0 bridgehead atoms. The van der Waals surface area contributed by atoms with Gasteiger partial charge in [0.25, 0.3) is 0 Å². The number of primary sulfonamides is 1. The predicted octanol–water partition coefficient (Wildman–Crippen LogP) is -0.311. The van der Waals surface area contributed by atoms with E-state index in [2.05, 4.69) is 5.73 Å². The van der Waals surface area contributed by atoms with Crippen LogP contribution in [0.4, 0.5) is 0 Å². The molecule has 0 aliphatic carbocycles. The summed E-state index contributed by atoms with van der Waals surface area (Å²) in [6.45, 7) is 0.418. The number of ether oxygens (including phenoxy) is 1. The molecule has 5 N–H and O–H groups in total. The van der Waals surface area contributed by atoms with Crippen molar-refractivity contribution in [1.29, 1.82) is 0 Å². The summed E-state index contributed by atoms with van der Waals surface area (Å²) in [5.74, 6) is -0.200. The summed E-state index contributed by atoms with van der Waals surface area (Å²) in [6, 6.07) is 4.72. The zero-order chi connectivity index (χ0) is 14.5. The van der Waals surface area contributed by atoms with Crippen LogP contribution in [-0.2, 0) is 21.2 Å². The summed E-state index contributed by atoms with van der Waals surface area (Å²) in [5.41, 5.74) is 5.49. The Labute approximate surface area is 111 Å². The smallest absolute Gasteiger partial charge is 0.317 e. The van der Waals surface area contributed by atoms with Crippen LogP contribution < -0.4 is 15.6 Å². The molecule has 0 unspecified atom stereocenters. The van der Waals surface area contributed by atoms with Crippen LogP contribution in [0.15, 0.2) is 23.1 Å². The fourth-order valence-electron chi connectivity index (χ4n) is 1.51.